The number of benzene rings is 2. The van der Waals surface area contributed by atoms with Crippen LogP contribution in [-0.2, 0) is 4.74 Å². The van der Waals surface area contributed by atoms with Crippen LogP contribution in [0.2, 0.25) is 0 Å². The SMILES string of the molecule is CCOC(=O)c1ccccc1NC(=S)Nc1cccc(OC)c1. The Labute approximate surface area is 140 Å². The van der Waals surface area contributed by atoms with Crippen LogP contribution in [0.1, 0.15) is 17.3 Å². The van der Waals surface area contributed by atoms with Crippen molar-refractivity contribution in [3.63, 3.8) is 0 Å². The van der Waals surface area contributed by atoms with Crippen LogP contribution >= 0.6 is 12.2 Å². The third-order valence-electron chi connectivity index (χ3n) is 3.00. The molecule has 2 aromatic carbocycles. The minimum atomic E-state index is -0.389. The standard InChI is InChI=1S/C17H18N2O3S/c1-3-22-16(20)14-9-4-5-10-15(14)19-17(23)18-12-7-6-8-13(11-12)21-2/h4-11H,3H2,1-2H3,(H2,18,19,23). The molecule has 2 aromatic rings. The number of ether oxygens (including phenoxy) is 2. The molecule has 0 aliphatic carbocycles. The molecular weight excluding hydrogens is 312 g/mol. The Morgan fingerprint density at radius 3 is 2.65 bits per heavy atom. The van der Waals surface area contributed by atoms with Crippen molar-refractivity contribution in [2.75, 3.05) is 24.4 Å². The Balaban J connectivity index is 2.09. The fourth-order valence-electron chi connectivity index (χ4n) is 1.96. The number of para-hydroxylation sites is 1. The Morgan fingerprint density at radius 2 is 1.91 bits per heavy atom. The molecule has 0 unspecified atom stereocenters. The number of rotatable bonds is 5. The Kier molecular flexibility index (Phi) is 5.94. The van der Waals surface area contributed by atoms with Crippen LogP contribution in [0.3, 0.4) is 0 Å². The summed E-state index contributed by atoms with van der Waals surface area (Å²) in [6.07, 6.45) is 0. The van der Waals surface area contributed by atoms with E-state index in [-0.39, 0.29) is 5.97 Å². The van der Waals surface area contributed by atoms with E-state index in [1.165, 1.54) is 0 Å². The van der Waals surface area contributed by atoms with Crippen LogP contribution < -0.4 is 15.4 Å². The molecule has 120 valence electrons. The van der Waals surface area contributed by atoms with Crippen LogP contribution in [0.15, 0.2) is 48.5 Å². The molecule has 0 aromatic heterocycles. The lowest BCUT2D eigenvalue weighted by molar-refractivity contribution is 0.0527. The summed E-state index contributed by atoms with van der Waals surface area (Å²) in [6, 6.07) is 14.4. The van der Waals surface area contributed by atoms with Gasteiger partial charge in [-0.1, -0.05) is 18.2 Å². The van der Waals surface area contributed by atoms with Gasteiger partial charge in [0.05, 0.1) is 25.0 Å². The number of nitrogens with one attached hydrogen (secondary N) is 2. The highest BCUT2D eigenvalue weighted by molar-refractivity contribution is 7.80. The number of hydrogen-bond donors (Lipinski definition) is 2. The summed E-state index contributed by atoms with van der Waals surface area (Å²) in [6.45, 7) is 2.09. The summed E-state index contributed by atoms with van der Waals surface area (Å²) in [7, 11) is 1.60. The predicted molar refractivity (Wildman–Crippen MR) is 95.2 cm³/mol. The van der Waals surface area contributed by atoms with Gasteiger partial charge in [-0.2, -0.15) is 0 Å². The number of anilines is 2. The predicted octanol–water partition coefficient (Wildman–Crippen LogP) is 3.68. The van der Waals surface area contributed by atoms with E-state index >= 15 is 0 Å². The highest BCUT2D eigenvalue weighted by Crippen LogP contribution is 2.19. The molecule has 0 heterocycles. The fraction of sp³-hybridized carbons (Fsp3) is 0.176. The minimum Gasteiger partial charge on any atom is -0.497 e. The number of methoxy groups -OCH3 is 1. The average Bonchev–Trinajstić information content (AvgIpc) is 2.55. The van der Waals surface area contributed by atoms with Gasteiger partial charge in [-0.25, -0.2) is 4.79 Å². The molecule has 0 saturated heterocycles. The lowest BCUT2D eigenvalue weighted by atomic mass is 10.2. The number of hydrogen-bond acceptors (Lipinski definition) is 4. The first-order valence-electron chi connectivity index (χ1n) is 7.12. The molecule has 2 rings (SSSR count). The van der Waals surface area contributed by atoms with Crippen molar-refractivity contribution < 1.29 is 14.3 Å². The smallest absolute Gasteiger partial charge is 0.340 e. The zero-order valence-corrected chi connectivity index (χ0v) is 13.8. The highest BCUT2D eigenvalue weighted by Gasteiger charge is 2.12. The molecule has 2 N–H and O–H groups in total. The van der Waals surface area contributed by atoms with Crippen molar-refractivity contribution in [3.8, 4) is 5.75 Å². The zero-order valence-electron chi connectivity index (χ0n) is 13.0. The van der Waals surface area contributed by atoms with Gasteiger partial charge >= 0.3 is 5.97 Å². The Bertz CT molecular complexity index is 704. The van der Waals surface area contributed by atoms with Gasteiger partial charge in [0, 0.05) is 11.8 Å². The van der Waals surface area contributed by atoms with E-state index in [0.717, 1.165) is 11.4 Å². The number of thiocarbonyl (C=S) groups is 1. The molecule has 0 bridgehead atoms. The van der Waals surface area contributed by atoms with E-state index in [0.29, 0.717) is 23.0 Å². The van der Waals surface area contributed by atoms with E-state index in [1.807, 2.05) is 30.3 Å². The quantitative estimate of drug-likeness (QED) is 0.644. The molecule has 23 heavy (non-hydrogen) atoms. The zero-order chi connectivity index (χ0) is 16.7. The van der Waals surface area contributed by atoms with Gasteiger partial charge in [-0.3, -0.25) is 0 Å². The summed E-state index contributed by atoms with van der Waals surface area (Å²) in [5, 5.41) is 6.44. The van der Waals surface area contributed by atoms with Crippen molar-refractivity contribution in [1.29, 1.82) is 0 Å². The fourth-order valence-corrected chi connectivity index (χ4v) is 2.19. The maximum absolute atomic E-state index is 11.9. The first kappa shape index (κ1) is 16.8. The molecule has 0 spiro atoms. The maximum atomic E-state index is 11.9. The van der Waals surface area contributed by atoms with Crippen molar-refractivity contribution in [1.82, 2.24) is 0 Å². The van der Waals surface area contributed by atoms with Crippen molar-refractivity contribution in [3.05, 3.63) is 54.1 Å². The topological polar surface area (TPSA) is 59.6 Å². The van der Waals surface area contributed by atoms with Crippen LogP contribution in [0, 0.1) is 0 Å². The second-order valence-electron chi connectivity index (χ2n) is 4.58. The van der Waals surface area contributed by atoms with E-state index in [2.05, 4.69) is 10.6 Å². The third kappa shape index (κ3) is 4.69. The Morgan fingerprint density at radius 1 is 1.13 bits per heavy atom. The third-order valence-corrected chi connectivity index (χ3v) is 3.20. The van der Waals surface area contributed by atoms with Crippen LogP contribution in [0.25, 0.3) is 0 Å². The van der Waals surface area contributed by atoms with Crippen LogP contribution in [0.5, 0.6) is 5.75 Å². The van der Waals surface area contributed by atoms with Gasteiger partial charge in [0.25, 0.3) is 0 Å². The van der Waals surface area contributed by atoms with Gasteiger partial charge < -0.3 is 20.1 Å². The number of esters is 1. The average molecular weight is 330 g/mol. The lowest BCUT2D eigenvalue weighted by Gasteiger charge is -2.14. The Hall–Kier alpha value is -2.60. The summed E-state index contributed by atoms with van der Waals surface area (Å²) < 4.78 is 10.2. The van der Waals surface area contributed by atoms with Crippen molar-refractivity contribution in [2.45, 2.75) is 6.92 Å². The second-order valence-corrected chi connectivity index (χ2v) is 4.99. The molecule has 6 heteroatoms. The van der Waals surface area contributed by atoms with E-state index < -0.39 is 0 Å². The lowest BCUT2D eigenvalue weighted by Crippen LogP contribution is -2.21. The van der Waals surface area contributed by atoms with Gasteiger partial charge in [0.15, 0.2) is 5.11 Å². The highest BCUT2D eigenvalue weighted by atomic mass is 32.1. The van der Waals surface area contributed by atoms with Crippen LogP contribution in [0.4, 0.5) is 11.4 Å². The summed E-state index contributed by atoms with van der Waals surface area (Å²) >= 11 is 5.29. The maximum Gasteiger partial charge on any atom is 0.340 e. The van der Waals surface area contributed by atoms with Gasteiger partial charge in [0.2, 0.25) is 0 Å². The first-order chi connectivity index (χ1) is 11.1. The van der Waals surface area contributed by atoms with Gasteiger partial charge in [-0.15, -0.1) is 0 Å². The molecule has 0 saturated carbocycles. The van der Waals surface area contributed by atoms with Crippen molar-refractivity contribution >= 4 is 34.7 Å². The van der Waals surface area contributed by atoms with E-state index in [9.17, 15) is 4.79 Å². The second kappa shape index (κ2) is 8.14. The van der Waals surface area contributed by atoms with E-state index in [4.69, 9.17) is 21.7 Å². The molecule has 0 fully saturated rings. The first-order valence-corrected chi connectivity index (χ1v) is 7.53. The van der Waals surface area contributed by atoms with Gasteiger partial charge in [-0.05, 0) is 43.4 Å². The van der Waals surface area contributed by atoms with Crippen LogP contribution in [-0.4, -0.2) is 24.8 Å². The molecular formula is C17H18N2O3S. The number of carbonyl (C=O) groups excluding carboxylic acids is 1. The van der Waals surface area contributed by atoms with E-state index in [1.54, 1.807) is 32.2 Å². The van der Waals surface area contributed by atoms with Crippen molar-refractivity contribution in [2.24, 2.45) is 0 Å². The summed E-state index contributed by atoms with van der Waals surface area (Å²) in [5.74, 6) is 0.338. The largest absolute Gasteiger partial charge is 0.497 e. The molecule has 0 aliphatic rings. The van der Waals surface area contributed by atoms with Gasteiger partial charge in [0.1, 0.15) is 5.75 Å². The monoisotopic (exact) mass is 330 g/mol. The molecule has 0 radical (unpaired) electrons. The molecule has 0 atom stereocenters. The summed E-state index contributed by atoms with van der Waals surface area (Å²) in [5.41, 5.74) is 1.81. The molecule has 0 aliphatic heterocycles. The number of carbonyl (C=O) groups is 1. The molecule has 5 nitrogen and oxygen atoms in total. The molecule has 0 amide bonds. The minimum absolute atomic E-state index is 0.319. The normalized spacial score (nSPS) is 9.83. The summed E-state index contributed by atoms with van der Waals surface area (Å²) in [4.78, 5) is 11.9.